The first kappa shape index (κ1) is 19.6. The van der Waals surface area contributed by atoms with E-state index in [0.717, 1.165) is 49.6 Å². The number of hydrogen-bond donors (Lipinski definition) is 1. The molecule has 0 bridgehead atoms. The number of fused-ring (bicyclic) bond motifs is 1. The van der Waals surface area contributed by atoms with Crippen molar-refractivity contribution in [3.63, 3.8) is 0 Å². The van der Waals surface area contributed by atoms with Crippen LogP contribution in [0.5, 0.6) is 0 Å². The highest BCUT2D eigenvalue weighted by atomic mass is 16.2. The van der Waals surface area contributed by atoms with Crippen molar-refractivity contribution in [3.05, 3.63) is 47.0 Å². The van der Waals surface area contributed by atoms with E-state index < -0.39 is 0 Å². The highest BCUT2D eigenvalue weighted by Crippen LogP contribution is 2.28. The van der Waals surface area contributed by atoms with Gasteiger partial charge in [0.15, 0.2) is 0 Å². The Labute approximate surface area is 171 Å². The van der Waals surface area contributed by atoms with Crippen molar-refractivity contribution in [2.24, 2.45) is 0 Å². The smallest absolute Gasteiger partial charge is 0.251 e. The van der Waals surface area contributed by atoms with Crippen LogP contribution in [0.2, 0.25) is 0 Å². The van der Waals surface area contributed by atoms with Crippen LogP contribution in [0.1, 0.15) is 65.6 Å². The first-order chi connectivity index (χ1) is 14.1. The van der Waals surface area contributed by atoms with Gasteiger partial charge in [-0.1, -0.05) is 24.6 Å². The summed E-state index contributed by atoms with van der Waals surface area (Å²) in [6, 6.07) is 7.41. The molecule has 7 heteroatoms. The lowest BCUT2D eigenvalue weighted by Gasteiger charge is -2.32. The maximum atomic E-state index is 12.7. The van der Waals surface area contributed by atoms with Gasteiger partial charge in [0.2, 0.25) is 5.91 Å². The second kappa shape index (κ2) is 8.76. The molecule has 1 saturated heterocycles. The van der Waals surface area contributed by atoms with Gasteiger partial charge in [-0.2, -0.15) is 0 Å². The zero-order valence-corrected chi connectivity index (χ0v) is 17.1. The van der Waals surface area contributed by atoms with Crippen molar-refractivity contribution in [2.75, 3.05) is 19.6 Å². The zero-order chi connectivity index (χ0) is 20.2. The Morgan fingerprint density at radius 1 is 1.10 bits per heavy atom. The van der Waals surface area contributed by atoms with Crippen LogP contribution in [0.15, 0.2) is 24.3 Å². The highest BCUT2D eigenvalue weighted by Gasteiger charge is 2.29. The maximum Gasteiger partial charge on any atom is 0.251 e. The minimum Gasteiger partial charge on any atom is -0.343 e. The Morgan fingerprint density at radius 2 is 1.97 bits per heavy atom. The SMILES string of the molecule is Cc1ccccc1C(=O)NCC(=O)N1CCCC(c2nnc3n2CCCCC3)C1. The lowest BCUT2D eigenvalue weighted by atomic mass is 9.97. The van der Waals surface area contributed by atoms with Gasteiger partial charge in [0.1, 0.15) is 11.6 Å². The van der Waals surface area contributed by atoms with Gasteiger partial charge in [-0.15, -0.1) is 10.2 Å². The van der Waals surface area contributed by atoms with Crippen molar-refractivity contribution in [2.45, 2.75) is 57.9 Å². The number of likely N-dealkylation sites (tertiary alicyclic amines) is 1. The van der Waals surface area contributed by atoms with E-state index in [0.29, 0.717) is 12.1 Å². The van der Waals surface area contributed by atoms with E-state index in [2.05, 4.69) is 20.1 Å². The number of amides is 2. The van der Waals surface area contributed by atoms with E-state index >= 15 is 0 Å². The fraction of sp³-hybridized carbons (Fsp3) is 0.545. The zero-order valence-electron chi connectivity index (χ0n) is 17.1. The largest absolute Gasteiger partial charge is 0.343 e. The minimum atomic E-state index is -0.201. The topological polar surface area (TPSA) is 80.1 Å². The van der Waals surface area contributed by atoms with E-state index in [9.17, 15) is 9.59 Å². The van der Waals surface area contributed by atoms with Crippen LogP contribution in [0.4, 0.5) is 0 Å². The molecule has 2 aliphatic heterocycles. The second-order valence-electron chi connectivity index (χ2n) is 8.11. The van der Waals surface area contributed by atoms with Gasteiger partial charge in [0, 0.05) is 37.5 Å². The fourth-order valence-electron chi connectivity index (χ4n) is 4.41. The van der Waals surface area contributed by atoms with E-state index in [1.165, 1.54) is 19.3 Å². The van der Waals surface area contributed by atoms with Crippen LogP contribution in [0.25, 0.3) is 0 Å². The molecule has 3 heterocycles. The summed E-state index contributed by atoms with van der Waals surface area (Å²) in [5.41, 5.74) is 1.52. The normalized spacial score (nSPS) is 19.3. The molecule has 1 fully saturated rings. The average molecular weight is 396 g/mol. The molecule has 2 aromatic rings. The molecule has 29 heavy (non-hydrogen) atoms. The predicted molar refractivity (Wildman–Crippen MR) is 110 cm³/mol. The first-order valence-corrected chi connectivity index (χ1v) is 10.7. The van der Waals surface area contributed by atoms with E-state index in [1.54, 1.807) is 6.07 Å². The van der Waals surface area contributed by atoms with Gasteiger partial charge < -0.3 is 14.8 Å². The molecule has 154 valence electrons. The van der Waals surface area contributed by atoms with Gasteiger partial charge in [0.25, 0.3) is 5.91 Å². The maximum absolute atomic E-state index is 12.7. The summed E-state index contributed by atoms with van der Waals surface area (Å²) in [6.45, 7) is 4.29. The Bertz CT molecular complexity index is 891. The molecule has 2 aliphatic rings. The number of nitrogens with zero attached hydrogens (tertiary/aromatic N) is 4. The summed E-state index contributed by atoms with van der Waals surface area (Å²) in [6.07, 6.45) is 6.54. The molecule has 1 atom stereocenters. The molecular formula is C22H29N5O2. The molecule has 0 aliphatic carbocycles. The minimum absolute atomic E-state index is 0.0256. The number of piperidine rings is 1. The Kier molecular flexibility index (Phi) is 5.92. The quantitative estimate of drug-likeness (QED) is 0.862. The molecule has 2 amide bonds. The lowest BCUT2D eigenvalue weighted by Crippen LogP contribution is -2.45. The molecule has 1 unspecified atom stereocenters. The number of rotatable bonds is 4. The number of aromatic nitrogens is 3. The molecule has 0 radical (unpaired) electrons. The number of carbonyl (C=O) groups excluding carboxylic acids is 2. The third-order valence-corrected chi connectivity index (χ3v) is 6.07. The van der Waals surface area contributed by atoms with E-state index in [-0.39, 0.29) is 24.3 Å². The van der Waals surface area contributed by atoms with Crippen molar-refractivity contribution in [1.29, 1.82) is 0 Å². The Morgan fingerprint density at radius 3 is 2.83 bits per heavy atom. The number of aryl methyl sites for hydroxylation is 2. The van der Waals surface area contributed by atoms with Gasteiger partial charge in [-0.25, -0.2) is 0 Å². The van der Waals surface area contributed by atoms with Crippen molar-refractivity contribution in [3.8, 4) is 0 Å². The number of carbonyl (C=O) groups is 2. The summed E-state index contributed by atoms with van der Waals surface area (Å²) < 4.78 is 2.28. The third-order valence-electron chi connectivity index (χ3n) is 6.07. The highest BCUT2D eigenvalue weighted by molar-refractivity contribution is 5.97. The van der Waals surface area contributed by atoms with Gasteiger partial charge in [-0.05, 0) is 44.2 Å². The van der Waals surface area contributed by atoms with Crippen LogP contribution in [0.3, 0.4) is 0 Å². The van der Waals surface area contributed by atoms with Gasteiger partial charge in [-0.3, -0.25) is 9.59 Å². The summed E-state index contributed by atoms with van der Waals surface area (Å²) >= 11 is 0. The monoisotopic (exact) mass is 395 g/mol. The van der Waals surface area contributed by atoms with Crippen LogP contribution in [-0.2, 0) is 17.8 Å². The van der Waals surface area contributed by atoms with E-state index in [1.807, 2.05) is 30.0 Å². The molecule has 1 N–H and O–H groups in total. The molecule has 4 rings (SSSR count). The van der Waals surface area contributed by atoms with Gasteiger partial charge >= 0.3 is 0 Å². The standard InChI is InChI=1S/C22H29N5O2/c1-16-8-4-5-10-18(16)22(29)23-14-20(28)26-12-7-9-17(15-26)21-25-24-19-11-3-2-6-13-27(19)21/h4-5,8,10,17H,2-3,6-7,9,11-15H2,1H3,(H,23,29). The fourth-order valence-corrected chi connectivity index (χ4v) is 4.41. The second-order valence-corrected chi connectivity index (χ2v) is 8.11. The van der Waals surface area contributed by atoms with Crippen molar-refractivity contribution < 1.29 is 9.59 Å². The molecular weight excluding hydrogens is 366 g/mol. The van der Waals surface area contributed by atoms with Gasteiger partial charge in [0.05, 0.1) is 6.54 Å². The predicted octanol–water partition coefficient (Wildman–Crippen LogP) is 2.45. The average Bonchev–Trinajstić information content (AvgIpc) is 3.00. The molecule has 1 aromatic heterocycles. The molecule has 1 aromatic carbocycles. The van der Waals surface area contributed by atoms with Crippen LogP contribution < -0.4 is 5.32 Å². The number of nitrogens with one attached hydrogen (secondary N) is 1. The number of benzene rings is 1. The Hall–Kier alpha value is -2.70. The molecule has 7 nitrogen and oxygen atoms in total. The lowest BCUT2D eigenvalue weighted by molar-refractivity contribution is -0.131. The van der Waals surface area contributed by atoms with Crippen LogP contribution in [-0.4, -0.2) is 51.1 Å². The summed E-state index contributed by atoms with van der Waals surface area (Å²) in [5.74, 6) is 2.11. The van der Waals surface area contributed by atoms with Crippen molar-refractivity contribution >= 4 is 11.8 Å². The van der Waals surface area contributed by atoms with Crippen molar-refractivity contribution in [1.82, 2.24) is 25.0 Å². The first-order valence-electron chi connectivity index (χ1n) is 10.7. The summed E-state index contributed by atoms with van der Waals surface area (Å²) in [7, 11) is 0. The Balaban J connectivity index is 1.37. The number of hydrogen-bond acceptors (Lipinski definition) is 4. The molecule has 0 spiro atoms. The summed E-state index contributed by atoms with van der Waals surface area (Å²) in [5, 5.41) is 11.7. The third kappa shape index (κ3) is 4.33. The van der Waals surface area contributed by atoms with Crippen LogP contribution >= 0.6 is 0 Å². The van der Waals surface area contributed by atoms with E-state index in [4.69, 9.17) is 0 Å². The molecule has 0 saturated carbocycles. The van der Waals surface area contributed by atoms with Crippen LogP contribution in [0, 0.1) is 6.92 Å². The summed E-state index contributed by atoms with van der Waals surface area (Å²) in [4.78, 5) is 27.0.